The Morgan fingerprint density at radius 2 is 1.67 bits per heavy atom. The number of aliphatic carboxylic acids is 1. The van der Waals surface area contributed by atoms with E-state index in [-0.39, 0.29) is 25.2 Å². The van der Waals surface area contributed by atoms with Gasteiger partial charge in [0.05, 0.1) is 18.7 Å². The molecule has 0 radical (unpaired) electrons. The van der Waals surface area contributed by atoms with Crippen LogP contribution in [0.2, 0.25) is 0 Å². The Morgan fingerprint density at radius 3 is 2.31 bits per heavy atom. The molecule has 2 atom stereocenters. The monoisotopic (exact) mass is 629 g/mol. The fraction of sp³-hybridized carbons (Fsp3) is 0.281. The standard InChI is InChI=1S/C32H28F5N3O5/c1-3-27(32(35,36)37)38-18-12-23(33)28(24(34)13-18)29(41)39-25(31(43)44)11-16-8-9-19(22-15-45-14-21(16)22)20-10-17-6-4-5-7-26(17)40(2)30(20)42/h4-10,12-13,25,27,38H,3,11,14-15H2,1-2H3,(H,39,41)(H,43,44)/t25-,27+/m0/s1. The molecule has 8 nitrogen and oxygen atoms in total. The first kappa shape index (κ1) is 31.6. The second-order valence-corrected chi connectivity index (χ2v) is 10.7. The lowest BCUT2D eigenvalue weighted by atomic mass is 9.91. The van der Waals surface area contributed by atoms with Gasteiger partial charge in [-0.1, -0.05) is 37.3 Å². The molecule has 0 unspecified atom stereocenters. The van der Waals surface area contributed by atoms with E-state index >= 15 is 0 Å². The van der Waals surface area contributed by atoms with E-state index < -0.39 is 59.4 Å². The number of hydrogen-bond acceptors (Lipinski definition) is 5. The van der Waals surface area contributed by atoms with E-state index in [0.717, 1.165) is 10.9 Å². The zero-order chi connectivity index (χ0) is 32.6. The maximum Gasteiger partial charge on any atom is 0.408 e. The number of pyridine rings is 1. The smallest absolute Gasteiger partial charge is 0.408 e. The number of halogens is 5. The van der Waals surface area contributed by atoms with Crippen molar-refractivity contribution in [2.75, 3.05) is 5.32 Å². The Hall–Kier alpha value is -4.78. The van der Waals surface area contributed by atoms with Crippen LogP contribution in [-0.4, -0.2) is 39.8 Å². The number of carbonyl (C=O) groups excluding carboxylic acids is 1. The summed E-state index contributed by atoms with van der Waals surface area (Å²) in [6.07, 6.45) is -5.38. The van der Waals surface area contributed by atoms with Crippen LogP contribution in [0.3, 0.4) is 0 Å². The van der Waals surface area contributed by atoms with Crippen LogP contribution >= 0.6 is 0 Å². The van der Waals surface area contributed by atoms with Gasteiger partial charge in [0.15, 0.2) is 0 Å². The number of aromatic nitrogens is 1. The number of carboxylic acid groups (broad SMARTS) is 1. The van der Waals surface area contributed by atoms with Crippen molar-refractivity contribution >= 4 is 28.5 Å². The third kappa shape index (κ3) is 6.25. The van der Waals surface area contributed by atoms with Crippen LogP contribution in [0.15, 0.2) is 59.4 Å². The summed E-state index contributed by atoms with van der Waals surface area (Å²) in [5.41, 5.74) is 1.68. The van der Waals surface area contributed by atoms with Gasteiger partial charge in [-0.2, -0.15) is 13.2 Å². The number of ether oxygens (including phenoxy) is 1. The number of para-hydroxylation sites is 1. The summed E-state index contributed by atoms with van der Waals surface area (Å²) in [5.74, 6) is -5.81. The molecule has 0 fully saturated rings. The van der Waals surface area contributed by atoms with Crippen LogP contribution in [0.1, 0.15) is 40.4 Å². The molecule has 13 heteroatoms. The highest BCUT2D eigenvalue weighted by molar-refractivity contribution is 5.97. The van der Waals surface area contributed by atoms with Crippen LogP contribution in [0.4, 0.5) is 27.6 Å². The van der Waals surface area contributed by atoms with Gasteiger partial charge in [0.1, 0.15) is 29.3 Å². The normalized spacial score (nSPS) is 14.2. The van der Waals surface area contributed by atoms with Gasteiger partial charge in [0, 0.05) is 24.7 Å². The van der Waals surface area contributed by atoms with Gasteiger partial charge in [0.2, 0.25) is 0 Å². The van der Waals surface area contributed by atoms with E-state index in [2.05, 4.69) is 5.32 Å². The number of benzene rings is 3. The van der Waals surface area contributed by atoms with E-state index in [9.17, 15) is 41.4 Å². The van der Waals surface area contributed by atoms with Gasteiger partial charge in [-0.25, -0.2) is 13.6 Å². The highest BCUT2D eigenvalue weighted by Crippen LogP contribution is 2.34. The van der Waals surface area contributed by atoms with Crippen molar-refractivity contribution in [3.63, 3.8) is 0 Å². The highest BCUT2D eigenvalue weighted by atomic mass is 19.4. The molecule has 45 heavy (non-hydrogen) atoms. The lowest BCUT2D eigenvalue weighted by molar-refractivity contribution is -0.143. The summed E-state index contributed by atoms with van der Waals surface area (Å²) in [6.45, 7) is 1.51. The number of rotatable bonds is 9. The summed E-state index contributed by atoms with van der Waals surface area (Å²) in [7, 11) is 1.67. The first-order chi connectivity index (χ1) is 21.3. The molecule has 0 bridgehead atoms. The molecule has 5 rings (SSSR count). The zero-order valence-corrected chi connectivity index (χ0v) is 24.1. The summed E-state index contributed by atoms with van der Waals surface area (Å²) in [4.78, 5) is 38.3. The summed E-state index contributed by atoms with van der Waals surface area (Å²) < 4.78 is 76.1. The quantitative estimate of drug-likeness (QED) is 0.205. The van der Waals surface area contributed by atoms with E-state index in [4.69, 9.17) is 4.74 Å². The molecular formula is C32H28F5N3O5. The molecule has 0 saturated heterocycles. The summed E-state index contributed by atoms with van der Waals surface area (Å²) >= 11 is 0. The first-order valence-corrected chi connectivity index (χ1v) is 14.0. The molecule has 236 valence electrons. The van der Waals surface area contributed by atoms with Gasteiger partial charge in [-0.15, -0.1) is 0 Å². The maximum atomic E-state index is 14.8. The molecule has 1 aliphatic rings. The van der Waals surface area contributed by atoms with Gasteiger partial charge >= 0.3 is 12.1 Å². The Labute approximate surface area is 253 Å². The van der Waals surface area contributed by atoms with Crippen molar-refractivity contribution in [2.45, 2.75) is 51.2 Å². The minimum Gasteiger partial charge on any atom is -0.480 e. The van der Waals surface area contributed by atoms with Gasteiger partial charge in [0.25, 0.3) is 11.5 Å². The number of amides is 1. The summed E-state index contributed by atoms with van der Waals surface area (Å²) in [6, 6.07) is 9.84. The van der Waals surface area contributed by atoms with Crippen molar-refractivity contribution in [1.29, 1.82) is 0 Å². The first-order valence-electron chi connectivity index (χ1n) is 14.0. The van der Waals surface area contributed by atoms with E-state index in [1.807, 2.05) is 29.6 Å². The fourth-order valence-electron chi connectivity index (χ4n) is 5.54. The zero-order valence-electron chi connectivity index (χ0n) is 24.1. The molecule has 1 aliphatic heterocycles. The molecule has 0 saturated carbocycles. The predicted octanol–water partition coefficient (Wildman–Crippen LogP) is 5.69. The van der Waals surface area contributed by atoms with Crippen LogP contribution in [0.25, 0.3) is 22.0 Å². The molecule has 3 aromatic carbocycles. The minimum atomic E-state index is -4.68. The number of alkyl halides is 3. The van der Waals surface area contributed by atoms with Crippen molar-refractivity contribution in [3.05, 3.63) is 98.8 Å². The lowest BCUT2D eigenvalue weighted by Gasteiger charge is -2.22. The van der Waals surface area contributed by atoms with E-state index in [0.29, 0.717) is 39.9 Å². The number of aryl methyl sites for hydroxylation is 1. The molecule has 0 spiro atoms. The summed E-state index contributed by atoms with van der Waals surface area (Å²) in [5, 5.41) is 14.8. The van der Waals surface area contributed by atoms with Crippen molar-refractivity contribution in [2.24, 2.45) is 7.05 Å². The number of carbonyl (C=O) groups is 2. The Bertz CT molecular complexity index is 1850. The third-order valence-corrected chi connectivity index (χ3v) is 7.89. The topological polar surface area (TPSA) is 110 Å². The lowest BCUT2D eigenvalue weighted by Crippen LogP contribution is -2.43. The average molecular weight is 630 g/mol. The Morgan fingerprint density at radius 1 is 1.00 bits per heavy atom. The van der Waals surface area contributed by atoms with Crippen molar-refractivity contribution < 1.29 is 41.4 Å². The largest absolute Gasteiger partial charge is 0.480 e. The molecule has 3 N–H and O–H groups in total. The molecule has 2 heterocycles. The van der Waals surface area contributed by atoms with Crippen molar-refractivity contribution in [3.8, 4) is 11.1 Å². The molecule has 0 aliphatic carbocycles. The second-order valence-electron chi connectivity index (χ2n) is 10.7. The van der Waals surface area contributed by atoms with Crippen LogP contribution in [0, 0.1) is 11.6 Å². The van der Waals surface area contributed by atoms with Crippen molar-refractivity contribution in [1.82, 2.24) is 9.88 Å². The maximum absolute atomic E-state index is 14.8. The number of nitrogens with zero attached hydrogens (tertiary/aromatic N) is 1. The minimum absolute atomic E-state index is 0.112. The van der Waals surface area contributed by atoms with Crippen LogP contribution in [-0.2, 0) is 36.2 Å². The van der Waals surface area contributed by atoms with Crippen LogP contribution in [0.5, 0.6) is 0 Å². The Kier molecular flexibility index (Phi) is 8.66. The third-order valence-electron chi connectivity index (χ3n) is 7.89. The number of fused-ring (bicyclic) bond motifs is 2. The van der Waals surface area contributed by atoms with Crippen LogP contribution < -0.4 is 16.2 Å². The number of nitrogens with one attached hydrogen (secondary N) is 2. The fourth-order valence-corrected chi connectivity index (χ4v) is 5.54. The van der Waals surface area contributed by atoms with Gasteiger partial charge in [-0.3, -0.25) is 9.59 Å². The van der Waals surface area contributed by atoms with E-state index in [1.54, 1.807) is 25.2 Å². The van der Waals surface area contributed by atoms with Gasteiger partial charge < -0.3 is 25.0 Å². The predicted molar refractivity (Wildman–Crippen MR) is 156 cm³/mol. The number of carboxylic acids is 1. The second kappa shape index (κ2) is 12.3. The number of anilines is 1. The highest BCUT2D eigenvalue weighted by Gasteiger charge is 2.38. The molecular weight excluding hydrogens is 601 g/mol. The van der Waals surface area contributed by atoms with Gasteiger partial charge in [-0.05, 0) is 58.3 Å². The Balaban J connectivity index is 1.41. The average Bonchev–Trinajstić information content (AvgIpc) is 3.47. The SMILES string of the molecule is CC[C@@H](Nc1cc(F)c(C(=O)N[C@@H](Cc2ccc(-c3cc4ccccc4n(C)c3=O)c3c2COC3)C(=O)O)c(F)c1)C(F)(F)F. The molecule has 4 aromatic rings. The van der Waals surface area contributed by atoms with E-state index in [1.165, 1.54) is 11.5 Å². The molecule has 1 amide bonds. The number of hydrogen-bond donors (Lipinski definition) is 3. The molecule has 1 aromatic heterocycles.